The van der Waals surface area contributed by atoms with Crippen LogP contribution >= 0.6 is 23.2 Å². The maximum atomic E-state index is 6.44. The third-order valence-corrected chi connectivity index (χ3v) is 5.09. The summed E-state index contributed by atoms with van der Waals surface area (Å²) in [6.45, 7) is 7.86. The molecule has 0 aliphatic heterocycles. The van der Waals surface area contributed by atoms with Crippen molar-refractivity contribution in [2.24, 2.45) is 0 Å². The molecule has 4 N–H and O–H groups in total. The Balaban J connectivity index is 2.54. The first kappa shape index (κ1) is 16.0. The highest BCUT2D eigenvalue weighted by Crippen LogP contribution is 2.34. The molecule has 21 heavy (non-hydrogen) atoms. The first-order valence-corrected chi connectivity index (χ1v) is 7.57. The summed E-state index contributed by atoms with van der Waals surface area (Å²) < 4.78 is 0. The molecule has 0 spiro atoms. The molecule has 0 saturated carbocycles. The largest absolute Gasteiger partial charge is 0.398 e. The fourth-order valence-electron chi connectivity index (χ4n) is 2.58. The van der Waals surface area contributed by atoms with Crippen molar-refractivity contribution in [3.05, 3.63) is 55.6 Å². The molecule has 0 saturated heterocycles. The van der Waals surface area contributed by atoms with Gasteiger partial charge < -0.3 is 11.5 Å². The van der Waals surface area contributed by atoms with Crippen LogP contribution in [-0.2, 0) is 6.42 Å². The average molecular weight is 323 g/mol. The van der Waals surface area contributed by atoms with E-state index in [1.165, 1.54) is 0 Å². The van der Waals surface area contributed by atoms with Crippen LogP contribution in [0.4, 0.5) is 11.4 Å². The van der Waals surface area contributed by atoms with Crippen molar-refractivity contribution in [3.63, 3.8) is 0 Å². The number of hydrogen-bond donors (Lipinski definition) is 2. The van der Waals surface area contributed by atoms with Crippen LogP contribution in [0.1, 0.15) is 33.4 Å². The second kappa shape index (κ2) is 5.78. The van der Waals surface area contributed by atoms with E-state index in [2.05, 4.69) is 0 Å². The summed E-state index contributed by atoms with van der Waals surface area (Å²) in [5.74, 6) is 0. The van der Waals surface area contributed by atoms with Crippen molar-refractivity contribution in [3.8, 4) is 0 Å². The summed E-state index contributed by atoms with van der Waals surface area (Å²) in [4.78, 5) is 0. The molecule has 112 valence electrons. The van der Waals surface area contributed by atoms with Gasteiger partial charge in [0.2, 0.25) is 0 Å². The topological polar surface area (TPSA) is 52.0 Å². The fourth-order valence-corrected chi connectivity index (χ4v) is 3.02. The van der Waals surface area contributed by atoms with E-state index in [-0.39, 0.29) is 0 Å². The summed E-state index contributed by atoms with van der Waals surface area (Å²) >= 11 is 12.9. The van der Waals surface area contributed by atoms with Crippen LogP contribution in [0.5, 0.6) is 0 Å². The van der Waals surface area contributed by atoms with Crippen LogP contribution in [0.25, 0.3) is 0 Å². The van der Waals surface area contributed by atoms with Crippen LogP contribution < -0.4 is 11.5 Å². The first-order chi connectivity index (χ1) is 9.73. The maximum absolute atomic E-state index is 6.44. The van der Waals surface area contributed by atoms with Gasteiger partial charge in [0.15, 0.2) is 0 Å². The van der Waals surface area contributed by atoms with Gasteiger partial charge in [-0.3, -0.25) is 0 Å². The minimum absolute atomic E-state index is 0.668. The molecule has 0 unspecified atom stereocenters. The summed E-state index contributed by atoms with van der Waals surface area (Å²) in [6.07, 6.45) is 0.668. The predicted octanol–water partition coefficient (Wildman–Crippen LogP) is 4.98. The van der Waals surface area contributed by atoms with E-state index in [0.717, 1.165) is 44.8 Å². The molecule has 0 aliphatic carbocycles. The Kier molecular flexibility index (Phi) is 4.40. The minimum Gasteiger partial charge on any atom is -0.398 e. The van der Waals surface area contributed by atoms with Gasteiger partial charge in [-0.2, -0.15) is 0 Å². The highest BCUT2D eigenvalue weighted by Gasteiger charge is 2.14. The van der Waals surface area contributed by atoms with E-state index in [4.69, 9.17) is 34.7 Å². The number of hydrogen-bond acceptors (Lipinski definition) is 2. The van der Waals surface area contributed by atoms with Crippen LogP contribution in [0.2, 0.25) is 10.0 Å². The molecule has 0 aromatic heterocycles. The Hall–Kier alpha value is -1.38. The molecule has 0 atom stereocenters. The van der Waals surface area contributed by atoms with E-state index in [1.807, 2.05) is 39.8 Å². The first-order valence-electron chi connectivity index (χ1n) is 6.82. The quantitative estimate of drug-likeness (QED) is 0.766. The number of anilines is 2. The Morgan fingerprint density at radius 1 is 0.762 bits per heavy atom. The molecule has 0 heterocycles. The molecule has 2 aromatic carbocycles. The van der Waals surface area contributed by atoms with E-state index in [0.29, 0.717) is 16.5 Å². The Labute approximate surface area is 136 Å². The van der Waals surface area contributed by atoms with Gasteiger partial charge >= 0.3 is 0 Å². The highest BCUT2D eigenvalue weighted by molar-refractivity contribution is 6.33. The van der Waals surface area contributed by atoms with Gasteiger partial charge in [0.25, 0.3) is 0 Å². The molecular formula is C17H20Cl2N2. The van der Waals surface area contributed by atoms with Gasteiger partial charge in [0.05, 0.1) is 0 Å². The van der Waals surface area contributed by atoms with Gasteiger partial charge in [0.1, 0.15) is 0 Å². The van der Waals surface area contributed by atoms with Gasteiger partial charge in [-0.25, -0.2) is 0 Å². The Bertz CT molecular complexity index is 660. The zero-order valence-corrected chi connectivity index (χ0v) is 14.3. The molecule has 0 radical (unpaired) electrons. The van der Waals surface area contributed by atoms with Gasteiger partial charge in [-0.1, -0.05) is 35.3 Å². The van der Waals surface area contributed by atoms with Gasteiger partial charge in [-0.05, 0) is 61.1 Å². The van der Waals surface area contributed by atoms with Crippen molar-refractivity contribution in [1.29, 1.82) is 0 Å². The number of aryl methyl sites for hydroxylation is 2. The lowest BCUT2D eigenvalue weighted by Gasteiger charge is -2.16. The van der Waals surface area contributed by atoms with Crippen LogP contribution in [0, 0.1) is 27.7 Å². The van der Waals surface area contributed by atoms with E-state index in [9.17, 15) is 0 Å². The minimum atomic E-state index is 0.668. The fraction of sp³-hybridized carbons (Fsp3) is 0.294. The third kappa shape index (κ3) is 2.83. The second-order valence-electron chi connectivity index (χ2n) is 5.59. The summed E-state index contributed by atoms with van der Waals surface area (Å²) in [5, 5.41) is 1.42. The lowest BCUT2D eigenvalue weighted by Crippen LogP contribution is -2.02. The zero-order valence-electron chi connectivity index (χ0n) is 12.8. The molecule has 2 aromatic rings. The number of nitrogen functional groups attached to an aromatic ring is 2. The van der Waals surface area contributed by atoms with Crippen molar-refractivity contribution in [2.45, 2.75) is 34.1 Å². The van der Waals surface area contributed by atoms with Crippen molar-refractivity contribution >= 4 is 34.6 Å². The molecule has 0 amide bonds. The normalized spacial score (nSPS) is 11.0. The Morgan fingerprint density at radius 2 is 1.10 bits per heavy atom. The van der Waals surface area contributed by atoms with Crippen molar-refractivity contribution in [2.75, 3.05) is 11.5 Å². The average Bonchev–Trinajstić information content (AvgIpc) is 2.45. The zero-order chi connectivity index (χ0) is 15.9. The SMILES string of the molecule is Cc1cc(Cc2cc(C)c(N)c(C)c2Cl)c(Cl)c(C)c1N. The molecule has 0 fully saturated rings. The van der Waals surface area contributed by atoms with E-state index >= 15 is 0 Å². The molecule has 2 nitrogen and oxygen atoms in total. The van der Waals surface area contributed by atoms with Crippen LogP contribution in [0.15, 0.2) is 12.1 Å². The smallest absolute Gasteiger partial charge is 0.0491 e. The van der Waals surface area contributed by atoms with E-state index < -0.39 is 0 Å². The number of nitrogens with two attached hydrogens (primary N) is 2. The molecule has 0 bridgehead atoms. The predicted molar refractivity (Wildman–Crippen MR) is 93.5 cm³/mol. The summed E-state index contributed by atoms with van der Waals surface area (Å²) in [7, 11) is 0. The lowest BCUT2D eigenvalue weighted by atomic mass is 9.96. The second-order valence-corrected chi connectivity index (χ2v) is 6.34. The molecule has 2 rings (SSSR count). The standard InChI is InChI=1S/C17H20Cl2N2/c1-8-5-12(14(18)10(3)16(8)20)7-13-6-9(2)17(21)11(4)15(13)19/h5-6H,7,20-21H2,1-4H3. The van der Waals surface area contributed by atoms with Crippen molar-refractivity contribution < 1.29 is 0 Å². The maximum Gasteiger partial charge on any atom is 0.0491 e. The molecular weight excluding hydrogens is 303 g/mol. The monoisotopic (exact) mass is 322 g/mol. The van der Waals surface area contributed by atoms with Crippen LogP contribution in [0.3, 0.4) is 0 Å². The van der Waals surface area contributed by atoms with Crippen molar-refractivity contribution in [1.82, 2.24) is 0 Å². The molecule has 0 aliphatic rings. The lowest BCUT2D eigenvalue weighted by molar-refractivity contribution is 1.15. The highest BCUT2D eigenvalue weighted by atomic mass is 35.5. The van der Waals surface area contributed by atoms with Gasteiger partial charge in [0, 0.05) is 27.8 Å². The third-order valence-electron chi connectivity index (χ3n) is 4.04. The van der Waals surface area contributed by atoms with Gasteiger partial charge in [-0.15, -0.1) is 0 Å². The molecule has 4 heteroatoms. The number of halogens is 2. The summed E-state index contributed by atoms with van der Waals surface area (Å²) in [6, 6.07) is 4.06. The summed E-state index contributed by atoms with van der Waals surface area (Å²) in [5.41, 5.74) is 19.5. The Morgan fingerprint density at radius 3 is 1.43 bits per heavy atom. The number of rotatable bonds is 2. The van der Waals surface area contributed by atoms with E-state index in [1.54, 1.807) is 0 Å². The number of benzene rings is 2. The van der Waals surface area contributed by atoms with Crippen LogP contribution in [-0.4, -0.2) is 0 Å².